The molecule has 0 radical (unpaired) electrons. The fraction of sp³-hybridized carbons (Fsp3) is 0. The van der Waals surface area contributed by atoms with Crippen LogP contribution >= 0.6 is 0 Å². The molecular formula is CH9KNa2O10S2. The van der Waals surface area contributed by atoms with Gasteiger partial charge in [0.15, 0.2) is 0 Å². The first-order valence-electron chi connectivity index (χ1n) is 1.88. The molecule has 0 fully saturated rings. The van der Waals surface area contributed by atoms with Gasteiger partial charge >= 0.3 is 127 Å². The Kier molecular flexibility index (Phi) is 52.2. The number of hydrogen-bond donors (Lipinski definition) is 6. The molecule has 16 heavy (non-hydrogen) atoms. The van der Waals surface area contributed by atoms with Gasteiger partial charge in [0.05, 0.1) is 0 Å². The molecular weight excluding hydrogens is 321 g/mol. The van der Waals surface area contributed by atoms with E-state index in [4.69, 9.17) is 45.8 Å². The van der Waals surface area contributed by atoms with Crippen LogP contribution in [-0.4, -0.2) is 47.2 Å². The van der Waals surface area contributed by atoms with E-state index in [-0.39, 0.29) is 115 Å². The van der Waals surface area contributed by atoms with E-state index in [2.05, 4.69) is 0 Å². The third-order valence-electron chi connectivity index (χ3n) is 0. The summed E-state index contributed by atoms with van der Waals surface area (Å²) in [5.41, 5.74) is 0. The molecule has 0 atom stereocenters. The van der Waals surface area contributed by atoms with Gasteiger partial charge in [-0.05, 0) is 0 Å². The monoisotopic (exact) mass is 330 g/mol. The molecule has 0 aromatic heterocycles. The van der Waals surface area contributed by atoms with Crippen LogP contribution in [-0.2, 0) is 21.8 Å². The Labute approximate surface area is 185 Å². The minimum atomic E-state index is -4.67. The van der Waals surface area contributed by atoms with E-state index in [1.54, 1.807) is 0 Å². The quantitative estimate of drug-likeness (QED) is 0.141. The summed E-state index contributed by atoms with van der Waals surface area (Å²) < 4.78 is 54.4. The van der Waals surface area contributed by atoms with Gasteiger partial charge in [0.1, 0.15) is 0 Å². The summed E-state index contributed by atoms with van der Waals surface area (Å²) in [6.45, 7) is 0. The van der Waals surface area contributed by atoms with Crippen LogP contribution < -0.4 is 110 Å². The summed E-state index contributed by atoms with van der Waals surface area (Å²) >= 11 is -2.61. The fourth-order valence-corrected chi connectivity index (χ4v) is 0. The van der Waals surface area contributed by atoms with Crippen LogP contribution in [0.4, 0.5) is 4.79 Å². The van der Waals surface area contributed by atoms with Crippen molar-refractivity contribution in [3.63, 3.8) is 0 Å². The first-order valence-corrected chi connectivity index (χ1v) is 4.34. The molecule has 6 N–H and O–H groups in total. The summed E-state index contributed by atoms with van der Waals surface area (Å²) in [4.78, 5) is 8.56. The van der Waals surface area contributed by atoms with Crippen molar-refractivity contribution in [2.45, 2.75) is 0 Å². The Bertz CT molecular complexity index is 234. The van der Waals surface area contributed by atoms with E-state index in [0.29, 0.717) is 0 Å². The molecule has 0 rings (SSSR count). The van der Waals surface area contributed by atoms with Gasteiger partial charge < -0.3 is 14.5 Å². The van der Waals surface area contributed by atoms with Gasteiger partial charge in [-0.25, -0.2) is 4.79 Å². The van der Waals surface area contributed by atoms with Gasteiger partial charge in [-0.3, -0.25) is 18.2 Å². The second-order valence-electron chi connectivity index (χ2n) is 0.961. The number of carboxylic acid groups (broad SMARTS) is 2. The minimum absolute atomic E-state index is 0. The van der Waals surface area contributed by atoms with E-state index in [9.17, 15) is 0 Å². The second kappa shape index (κ2) is 23.0. The zero-order chi connectivity index (χ0) is 11.7. The van der Waals surface area contributed by atoms with Crippen LogP contribution in [0.25, 0.3) is 0 Å². The molecule has 0 unspecified atom stereocenters. The van der Waals surface area contributed by atoms with Crippen molar-refractivity contribution < 1.29 is 161 Å². The van der Waals surface area contributed by atoms with Gasteiger partial charge in [-0.1, -0.05) is 0 Å². The number of hydrogen-bond acceptors (Lipinski definition) is 4. The van der Waals surface area contributed by atoms with Gasteiger partial charge in [-0.2, -0.15) is 12.6 Å². The molecule has 0 aliphatic heterocycles. The maximum Gasteiger partial charge on any atom is 1.00 e. The summed E-state index contributed by atoms with van der Waals surface area (Å²) in [6, 6.07) is 0. The molecule has 0 aromatic carbocycles. The Morgan fingerprint density at radius 3 is 1.06 bits per heavy atom. The third kappa shape index (κ3) is 522. The molecule has 15 heteroatoms. The predicted molar refractivity (Wildman–Crippen MR) is 41.6 cm³/mol. The minimum Gasteiger partial charge on any atom is -1.00 e. The largest absolute Gasteiger partial charge is 1.00 e. The maximum atomic E-state index is 8.74. The first-order chi connectivity index (χ1) is 5.46. The van der Waals surface area contributed by atoms with Gasteiger partial charge in [0.2, 0.25) is 0 Å². The van der Waals surface area contributed by atoms with E-state index in [1.807, 2.05) is 0 Å². The van der Waals surface area contributed by atoms with E-state index in [1.165, 1.54) is 0 Å². The molecule has 0 spiro atoms. The average Bonchev–Trinajstić information content (AvgIpc) is 1.50. The number of rotatable bonds is 0. The summed E-state index contributed by atoms with van der Waals surface area (Å²) in [7, 11) is -4.67. The van der Waals surface area contributed by atoms with E-state index < -0.39 is 27.9 Å². The molecule has 88 valence electrons. The van der Waals surface area contributed by atoms with Crippen molar-refractivity contribution in [2.24, 2.45) is 0 Å². The SMILES string of the molecule is O=C(O)O.O=S(=O)(O)O.O=S(O)O.[H-].[H-].[H-].[K+].[Na+].[Na+]. The van der Waals surface area contributed by atoms with Crippen molar-refractivity contribution in [3.8, 4) is 0 Å². The molecule has 0 heterocycles. The number of carbonyl (C=O) groups is 1. The van der Waals surface area contributed by atoms with Crippen molar-refractivity contribution in [1.29, 1.82) is 0 Å². The zero-order valence-electron chi connectivity index (χ0n) is 11.6. The fourth-order valence-electron chi connectivity index (χ4n) is 0. The standard InChI is InChI=1S/CH2O3.K.2Na.H2O4S.H2O3S.3H/c2-1(3)4;;;;1-5(2,3)4;1-4(2)3;;;/h(H2,2,3,4);;;;(H2,1,2,3,4);(H2,1,2,3);;;/q;3*+1;;;3*-1. The van der Waals surface area contributed by atoms with Crippen molar-refractivity contribution in [1.82, 2.24) is 0 Å². The van der Waals surface area contributed by atoms with Gasteiger partial charge in [0, 0.05) is 0 Å². The zero-order valence-corrected chi connectivity index (χ0v) is 17.4. The van der Waals surface area contributed by atoms with Crippen LogP contribution in [0.2, 0.25) is 0 Å². The molecule has 0 saturated carbocycles. The average molecular weight is 330 g/mol. The molecule has 0 aliphatic rings. The molecule has 0 saturated heterocycles. The molecule has 10 nitrogen and oxygen atoms in total. The second-order valence-corrected chi connectivity index (χ2v) is 2.32. The van der Waals surface area contributed by atoms with Crippen molar-refractivity contribution in [3.05, 3.63) is 0 Å². The van der Waals surface area contributed by atoms with Crippen LogP contribution in [0.5, 0.6) is 0 Å². The Hall–Kier alpha value is 2.85. The topological polar surface area (TPSA) is 190 Å². The van der Waals surface area contributed by atoms with Crippen LogP contribution in [0, 0.1) is 0 Å². The van der Waals surface area contributed by atoms with Gasteiger partial charge in [-0.15, -0.1) is 0 Å². The Morgan fingerprint density at radius 2 is 1.06 bits per heavy atom. The maximum absolute atomic E-state index is 8.74. The Balaban J connectivity index is -0.00000000980. The summed E-state index contributed by atoms with van der Waals surface area (Å²) in [5, 5.41) is 13.9. The molecule has 0 aliphatic carbocycles. The predicted octanol–water partition coefficient (Wildman–Crippen LogP) is -9.40. The van der Waals surface area contributed by atoms with Crippen molar-refractivity contribution in [2.75, 3.05) is 0 Å². The summed E-state index contributed by atoms with van der Waals surface area (Å²) in [5.74, 6) is 0. The third-order valence-corrected chi connectivity index (χ3v) is 0. The van der Waals surface area contributed by atoms with Crippen LogP contribution in [0.1, 0.15) is 4.28 Å². The van der Waals surface area contributed by atoms with Crippen molar-refractivity contribution >= 4 is 27.9 Å². The Morgan fingerprint density at radius 1 is 1.06 bits per heavy atom. The van der Waals surface area contributed by atoms with Crippen LogP contribution in [0.15, 0.2) is 0 Å². The normalized spacial score (nSPS) is 7.31. The van der Waals surface area contributed by atoms with Crippen LogP contribution in [0.3, 0.4) is 0 Å². The smallest absolute Gasteiger partial charge is 1.00 e. The van der Waals surface area contributed by atoms with E-state index in [0.717, 1.165) is 0 Å². The van der Waals surface area contributed by atoms with Gasteiger partial charge in [0.25, 0.3) is 11.4 Å². The summed E-state index contributed by atoms with van der Waals surface area (Å²) in [6.07, 6.45) is -1.83. The molecule has 0 aromatic rings. The molecule has 0 amide bonds. The first kappa shape index (κ1) is 36.4. The van der Waals surface area contributed by atoms with E-state index >= 15 is 0 Å². The molecule has 0 bridgehead atoms.